The molecular formula is C4H7N3O2. The molecule has 2 amide bonds. The molecule has 9 heavy (non-hydrogen) atoms. The maximum Gasteiger partial charge on any atom is 0.248 e. The minimum Gasteiger partial charge on any atom is -0.369 e. The molecule has 1 rings (SSSR count). The van der Waals surface area contributed by atoms with Crippen molar-refractivity contribution in [2.75, 3.05) is 6.54 Å². The third-order valence-electron chi connectivity index (χ3n) is 1.18. The number of hydrazine groups is 1. The number of carbonyl (C=O) groups is 2. The highest BCUT2D eigenvalue weighted by Gasteiger charge is 2.28. The second kappa shape index (κ2) is 2.02. The molecule has 1 heterocycles. The molecule has 0 aromatic rings. The Morgan fingerprint density at radius 2 is 2.44 bits per heavy atom. The van der Waals surface area contributed by atoms with Gasteiger partial charge in [-0.3, -0.25) is 15.0 Å². The molecule has 1 aliphatic rings. The smallest absolute Gasteiger partial charge is 0.248 e. The van der Waals surface area contributed by atoms with Crippen molar-refractivity contribution < 1.29 is 9.59 Å². The van der Waals surface area contributed by atoms with Crippen LogP contribution in [0.25, 0.3) is 0 Å². The van der Waals surface area contributed by atoms with Crippen LogP contribution >= 0.6 is 0 Å². The molecule has 0 radical (unpaired) electrons. The molecule has 1 fully saturated rings. The molecule has 50 valence electrons. The van der Waals surface area contributed by atoms with Gasteiger partial charge in [-0.2, -0.15) is 0 Å². The number of nitrogens with two attached hydrogens (primary N) is 1. The molecule has 0 aromatic heterocycles. The van der Waals surface area contributed by atoms with Crippen LogP contribution < -0.4 is 16.6 Å². The van der Waals surface area contributed by atoms with Gasteiger partial charge in [0.05, 0.1) is 0 Å². The number of primary amides is 1. The van der Waals surface area contributed by atoms with Crippen molar-refractivity contribution in [1.29, 1.82) is 0 Å². The van der Waals surface area contributed by atoms with Crippen LogP contribution in [0.5, 0.6) is 0 Å². The normalized spacial score (nSPS) is 25.8. The van der Waals surface area contributed by atoms with E-state index in [1.807, 2.05) is 0 Å². The monoisotopic (exact) mass is 129 g/mol. The van der Waals surface area contributed by atoms with E-state index >= 15 is 0 Å². The Hall–Kier alpha value is -1.10. The van der Waals surface area contributed by atoms with Gasteiger partial charge in [-0.05, 0) is 0 Å². The van der Waals surface area contributed by atoms with Gasteiger partial charge in [-0.15, -0.1) is 0 Å². The van der Waals surface area contributed by atoms with Gasteiger partial charge >= 0.3 is 0 Å². The van der Waals surface area contributed by atoms with Crippen LogP contribution in [-0.4, -0.2) is 18.4 Å². The van der Waals surface area contributed by atoms with Crippen molar-refractivity contribution in [3.63, 3.8) is 0 Å². The van der Waals surface area contributed by atoms with E-state index in [4.69, 9.17) is 5.73 Å². The summed E-state index contributed by atoms with van der Waals surface area (Å²) in [4.78, 5) is 20.9. The lowest BCUT2D eigenvalue weighted by molar-refractivity contribution is -0.130. The van der Waals surface area contributed by atoms with E-state index < -0.39 is 11.8 Å². The van der Waals surface area contributed by atoms with Gasteiger partial charge in [-0.1, -0.05) is 0 Å². The number of rotatable bonds is 1. The standard InChI is InChI=1S/C4H7N3O2/c5-3(8)2-1-6-7-4(2)9/h2,6H,1H2,(H2,5,8)(H,7,9). The molecule has 5 nitrogen and oxygen atoms in total. The predicted molar refractivity (Wildman–Crippen MR) is 28.8 cm³/mol. The topological polar surface area (TPSA) is 84.2 Å². The van der Waals surface area contributed by atoms with Crippen molar-refractivity contribution in [2.24, 2.45) is 11.7 Å². The third kappa shape index (κ3) is 0.996. The average molecular weight is 129 g/mol. The van der Waals surface area contributed by atoms with Gasteiger partial charge in [-0.25, -0.2) is 5.43 Å². The Morgan fingerprint density at radius 3 is 2.67 bits per heavy atom. The Labute approximate surface area is 51.6 Å². The van der Waals surface area contributed by atoms with Gasteiger partial charge in [0.2, 0.25) is 11.8 Å². The third-order valence-corrected chi connectivity index (χ3v) is 1.18. The molecule has 4 N–H and O–H groups in total. The maximum absolute atomic E-state index is 10.5. The minimum atomic E-state index is -0.690. The molecule has 5 heteroatoms. The molecule has 0 saturated carbocycles. The van der Waals surface area contributed by atoms with E-state index in [0.29, 0.717) is 6.54 Å². The molecule has 1 unspecified atom stereocenters. The zero-order valence-electron chi connectivity index (χ0n) is 4.68. The van der Waals surface area contributed by atoms with Crippen LogP contribution in [0.3, 0.4) is 0 Å². The second-order valence-electron chi connectivity index (χ2n) is 1.83. The van der Waals surface area contributed by atoms with Crippen molar-refractivity contribution in [2.45, 2.75) is 0 Å². The number of amides is 2. The van der Waals surface area contributed by atoms with Crippen molar-refractivity contribution in [3.05, 3.63) is 0 Å². The summed E-state index contributed by atoms with van der Waals surface area (Å²) >= 11 is 0. The first-order chi connectivity index (χ1) is 4.22. The van der Waals surface area contributed by atoms with Crippen LogP contribution in [0, 0.1) is 5.92 Å². The van der Waals surface area contributed by atoms with E-state index in [0.717, 1.165) is 0 Å². The summed E-state index contributed by atoms with van der Waals surface area (Å²) in [7, 11) is 0. The summed E-state index contributed by atoms with van der Waals surface area (Å²) in [6.07, 6.45) is 0. The molecule has 1 aliphatic heterocycles. The maximum atomic E-state index is 10.5. The molecule has 0 bridgehead atoms. The Balaban J connectivity index is 2.60. The van der Waals surface area contributed by atoms with Crippen LogP contribution in [0.2, 0.25) is 0 Å². The minimum absolute atomic E-state index is 0.300. The summed E-state index contributed by atoms with van der Waals surface area (Å²) in [5.74, 6) is -1.62. The first-order valence-corrected chi connectivity index (χ1v) is 2.54. The highest BCUT2D eigenvalue weighted by Crippen LogP contribution is 1.96. The van der Waals surface area contributed by atoms with E-state index in [9.17, 15) is 9.59 Å². The SMILES string of the molecule is NC(=O)C1CNNC1=O. The average Bonchev–Trinajstić information content (AvgIpc) is 2.13. The fraction of sp³-hybridized carbons (Fsp3) is 0.500. The molecule has 1 saturated heterocycles. The van der Waals surface area contributed by atoms with E-state index in [1.165, 1.54) is 0 Å². The quantitative estimate of drug-likeness (QED) is 0.349. The lowest BCUT2D eigenvalue weighted by Gasteiger charge is -1.95. The summed E-state index contributed by atoms with van der Waals surface area (Å²) in [5.41, 5.74) is 9.61. The summed E-state index contributed by atoms with van der Waals surface area (Å²) in [6, 6.07) is 0. The zero-order chi connectivity index (χ0) is 6.85. The fourth-order valence-electron chi connectivity index (χ4n) is 0.650. The van der Waals surface area contributed by atoms with Crippen LogP contribution in [0.15, 0.2) is 0 Å². The van der Waals surface area contributed by atoms with Crippen LogP contribution in [-0.2, 0) is 9.59 Å². The van der Waals surface area contributed by atoms with Crippen molar-refractivity contribution in [1.82, 2.24) is 10.9 Å². The highest BCUT2D eigenvalue weighted by atomic mass is 16.2. The Morgan fingerprint density at radius 1 is 1.78 bits per heavy atom. The van der Waals surface area contributed by atoms with Gasteiger partial charge < -0.3 is 5.73 Å². The first-order valence-electron chi connectivity index (χ1n) is 2.54. The van der Waals surface area contributed by atoms with E-state index in [-0.39, 0.29) is 5.91 Å². The Bertz CT molecular complexity index is 156. The predicted octanol–water partition coefficient (Wildman–Crippen LogP) is -2.28. The van der Waals surface area contributed by atoms with Crippen LogP contribution in [0.1, 0.15) is 0 Å². The number of hydrogen-bond acceptors (Lipinski definition) is 3. The molecule has 0 aromatic carbocycles. The second-order valence-corrected chi connectivity index (χ2v) is 1.83. The molecule has 1 atom stereocenters. The van der Waals surface area contributed by atoms with Gasteiger partial charge in [0.25, 0.3) is 0 Å². The van der Waals surface area contributed by atoms with E-state index in [2.05, 4.69) is 10.9 Å². The van der Waals surface area contributed by atoms with Crippen molar-refractivity contribution in [3.8, 4) is 0 Å². The van der Waals surface area contributed by atoms with E-state index in [1.54, 1.807) is 0 Å². The van der Waals surface area contributed by atoms with Gasteiger partial charge in [0.15, 0.2) is 0 Å². The van der Waals surface area contributed by atoms with Crippen molar-refractivity contribution >= 4 is 11.8 Å². The molecular weight excluding hydrogens is 122 g/mol. The summed E-state index contributed by atoms with van der Waals surface area (Å²) in [5, 5.41) is 0. The Kier molecular flexibility index (Phi) is 1.35. The number of carbonyl (C=O) groups excluding carboxylic acids is 2. The zero-order valence-corrected chi connectivity index (χ0v) is 4.68. The fourth-order valence-corrected chi connectivity index (χ4v) is 0.650. The number of nitrogens with one attached hydrogen (secondary N) is 2. The lowest BCUT2D eigenvalue weighted by atomic mass is 10.1. The largest absolute Gasteiger partial charge is 0.369 e. The summed E-state index contributed by atoms with van der Waals surface area (Å²) in [6.45, 7) is 0.300. The van der Waals surface area contributed by atoms with Gasteiger partial charge in [0, 0.05) is 6.54 Å². The lowest BCUT2D eigenvalue weighted by Crippen LogP contribution is -2.31. The summed E-state index contributed by atoms with van der Waals surface area (Å²) < 4.78 is 0. The van der Waals surface area contributed by atoms with Gasteiger partial charge in [0.1, 0.15) is 5.92 Å². The number of hydrogen-bond donors (Lipinski definition) is 3. The first kappa shape index (κ1) is 6.03. The molecule has 0 aliphatic carbocycles. The van der Waals surface area contributed by atoms with Crippen LogP contribution in [0.4, 0.5) is 0 Å². The molecule has 0 spiro atoms. The highest BCUT2D eigenvalue weighted by molar-refractivity contribution is 6.00.